The molecule has 1 amide bonds. The Balaban J connectivity index is 1.62. The van der Waals surface area contributed by atoms with Crippen LogP contribution in [0.1, 0.15) is 33.8 Å². The van der Waals surface area contributed by atoms with Gasteiger partial charge in [0.05, 0.1) is 5.56 Å². The number of rotatable bonds is 6. The number of para-hydroxylation sites is 1. The lowest BCUT2D eigenvalue weighted by atomic mass is 10.2. The Kier molecular flexibility index (Phi) is 5.06. The molecular weight excluding hydrogens is 340 g/mol. The van der Waals surface area contributed by atoms with Crippen molar-refractivity contribution in [2.24, 2.45) is 0 Å². The van der Waals surface area contributed by atoms with Gasteiger partial charge in [0.25, 0.3) is 5.91 Å². The van der Waals surface area contributed by atoms with Crippen molar-refractivity contribution in [2.75, 3.05) is 5.32 Å². The molecule has 0 atom stereocenters. The van der Waals surface area contributed by atoms with Crippen LogP contribution in [0.25, 0.3) is 0 Å². The predicted molar refractivity (Wildman–Crippen MR) is 91.4 cm³/mol. The average molecular weight is 354 g/mol. The van der Waals surface area contributed by atoms with E-state index in [-0.39, 0.29) is 12.4 Å². The van der Waals surface area contributed by atoms with E-state index < -0.39 is 5.91 Å². The van der Waals surface area contributed by atoms with Gasteiger partial charge in [-0.3, -0.25) is 10.1 Å². The molecule has 0 saturated carbocycles. The highest BCUT2D eigenvalue weighted by molar-refractivity contribution is 7.15. The molecule has 25 heavy (non-hydrogen) atoms. The fourth-order valence-corrected chi connectivity index (χ4v) is 2.69. The summed E-state index contributed by atoms with van der Waals surface area (Å²) in [5, 5.41) is 20.8. The zero-order chi connectivity index (χ0) is 17.6. The van der Waals surface area contributed by atoms with Crippen molar-refractivity contribution in [2.45, 2.75) is 20.0 Å². The Hall–Kier alpha value is -3.18. The monoisotopic (exact) mass is 354 g/mol. The van der Waals surface area contributed by atoms with Crippen LogP contribution in [0.3, 0.4) is 0 Å². The number of nitrogens with one attached hydrogen (secondary N) is 1. The normalized spacial score (nSPS) is 10.2. The highest BCUT2D eigenvalue weighted by atomic mass is 32.1. The van der Waals surface area contributed by atoms with E-state index in [0.717, 1.165) is 11.4 Å². The largest absolute Gasteiger partial charge is 0.484 e. The molecular formula is C17H14N4O3S. The molecule has 8 heteroatoms. The van der Waals surface area contributed by atoms with Crippen LogP contribution in [0.5, 0.6) is 5.75 Å². The molecule has 0 aliphatic heterocycles. The van der Waals surface area contributed by atoms with Gasteiger partial charge in [0.2, 0.25) is 5.13 Å². The fraction of sp³-hybridized carbons (Fsp3) is 0.176. The summed E-state index contributed by atoms with van der Waals surface area (Å²) < 4.78 is 11.1. The maximum Gasteiger partial charge on any atom is 0.293 e. The quantitative estimate of drug-likeness (QED) is 0.728. The highest BCUT2D eigenvalue weighted by Crippen LogP contribution is 2.20. The summed E-state index contributed by atoms with van der Waals surface area (Å²) in [4.78, 5) is 12.1. The number of hydrogen-bond donors (Lipinski definition) is 1. The number of aromatic nitrogens is 2. The summed E-state index contributed by atoms with van der Waals surface area (Å²) in [6, 6.07) is 12.2. The molecule has 0 fully saturated rings. The van der Waals surface area contributed by atoms with Crippen molar-refractivity contribution in [3.8, 4) is 11.8 Å². The third-order valence-corrected chi connectivity index (χ3v) is 4.24. The standard InChI is InChI=1S/C17H14N4O3S/c1-2-15-20-21-17(25-15)19-16(22)14-8-7-12(24-14)10-23-13-6-4-3-5-11(13)9-18/h3-8H,2,10H2,1H3,(H,19,21,22). The summed E-state index contributed by atoms with van der Waals surface area (Å²) in [6.45, 7) is 2.08. The number of amides is 1. The first-order valence-electron chi connectivity index (χ1n) is 7.54. The predicted octanol–water partition coefficient (Wildman–Crippen LogP) is 3.40. The van der Waals surface area contributed by atoms with Crippen LogP contribution in [0, 0.1) is 11.3 Å². The SMILES string of the molecule is CCc1nnc(NC(=O)c2ccc(COc3ccccc3C#N)o2)s1. The third-order valence-electron chi connectivity index (χ3n) is 3.25. The number of aryl methyl sites for hydroxylation is 1. The molecule has 1 aromatic carbocycles. The van der Waals surface area contributed by atoms with E-state index >= 15 is 0 Å². The zero-order valence-electron chi connectivity index (χ0n) is 13.4. The lowest BCUT2D eigenvalue weighted by Crippen LogP contribution is -2.10. The van der Waals surface area contributed by atoms with Crippen LogP contribution < -0.4 is 10.1 Å². The molecule has 0 radical (unpaired) electrons. The number of carbonyl (C=O) groups excluding carboxylic acids is 1. The second-order valence-corrected chi connectivity index (χ2v) is 6.03. The third kappa shape index (κ3) is 4.02. The molecule has 0 spiro atoms. The van der Waals surface area contributed by atoms with Gasteiger partial charge < -0.3 is 9.15 Å². The molecule has 126 valence electrons. The molecule has 0 saturated heterocycles. The lowest BCUT2D eigenvalue weighted by Gasteiger charge is -2.05. The number of benzene rings is 1. The Bertz CT molecular complexity index is 926. The molecule has 1 N–H and O–H groups in total. The van der Waals surface area contributed by atoms with E-state index in [1.54, 1.807) is 36.4 Å². The smallest absolute Gasteiger partial charge is 0.293 e. The Morgan fingerprint density at radius 1 is 1.32 bits per heavy atom. The second-order valence-electron chi connectivity index (χ2n) is 4.97. The minimum Gasteiger partial charge on any atom is -0.484 e. The number of furan rings is 1. The van der Waals surface area contributed by atoms with Crippen molar-refractivity contribution in [3.05, 3.63) is 58.5 Å². The van der Waals surface area contributed by atoms with Crippen LogP contribution in [0.2, 0.25) is 0 Å². The molecule has 7 nitrogen and oxygen atoms in total. The fourth-order valence-electron chi connectivity index (χ4n) is 2.02. The maximum atomic E-state index is 12.1. The number of nitriles is 1. The van der Waals surface area contributed by atoms with Gasteiger partial charge in [0, 0.05) is 0 Å². The number of ether oxygens (including phenoxy) is 1. The van der Waals surface area contributed by atoms with Gasteiger partial charge in [-0.25, -0.2) is 0 Å². The van der Waals surface area contributed by atoms with E-state index in [0.29, 0.717) is 22.2 Å². The van der Waals surface area contributed by atoms with E-state index in [1.807, 2.05) is 6.92 Å². The van der Waals surface area contributed by atoms with Crippen molar-refractivity contribution in [1.29, 1.82) is 5.26 Å². The molecule has 0 unspecified atom stereocenters. The molecule has 3 rings (SSSR count). The number of anilines is 1. The zero-order valence-corrected chi connectivity index (χ0v) is 14.2. The Morgan fingerprint density at radius 3 is 2.92 bits per heavy atom. The van der Waals surface area contributed by atoms with Gasteiger partial charge in [-0.1, -0.05) is 30.4 Å². The summed E-state index contributed by atoms with van der Waals surface area (Å²) >= 11 is 1.32. The van der Waals surface area contributed by atoms with Crippen LogP contribution >= 0.6 is 11.3 Å². The first kappa shape index (κ1) is 16.7. The van der Waals surface area contributed by atoms with Gasteiger partial charge in [-0.2, -0.15) is 5.26 Å². The van der Waals surface area contributed by atoms with Crippen LogP contribution in [0.4, 0.5) is 5.13 Å². The van der Waals surface area contributed by atoms with Crippen LogP contribution in [0.15, 0.2) is 40.8 Å². The molecule has 0 aliphatic carbocycles. The lowest BCUT2D eigenvalue weighted by molar-refractivity contribution is 0.0992. The second kappa shape index (κ2) is 7.59. The topological polar surface area (TPSA) is 101 Å². The van der Waals surface area contributed by atoms with Crippen LogP contribution in [-0.2, 0) is 13.0 Å². The molecule has 0 bridgehead atoms. The van der Waals surface area contributed by atoms with Crippen molar-refractivity contribution < 1.29 is 13.9 Å². The van der Waals surface area contributed by atoms with Gasteiger partial charge in [0.1, 0.15) is 29.2 Å². The summed E-state index contributed by atoms with van der Waals surface area (Å²) in [5.74, 6) is 0.695. The Labute approximate surface area is 147 Å². The summed E-state index contributed by atoms with van der Waals surface area (Å²) in [6.07, 6.45) is 0.764. The minimum absolute atomic E-state index is 0.116. The van der Waals surface area contributed by atoms with E-state index in [2.05, 4.69) is 21.6 Å². The van der Waals surface area contributed by atoms with Crippen molar-refractivity contribution in [1.82, 2.24) is 10.2 Å². The van der Waals surface area contributed by atoms with Crippen molar-refractivity contribution >= 4 is 22.4 Å². The van der Waals surface area contributed by atoms with Gasteiger partial charge >= 0.3 is 0 Å². The highest BCUT2D eigenvalue weighted by Gasteiger charge is 2.14. The number of carbonyl (C=O) groups is 1. The summed E-state index contributed by atoms with van der Waals surface area (Å²) in [5.41, 5.74) is 0.440. The van der Waals surface area contributed by atoms with E-state index in [9.17, 15) is 4.79 Å². The van der Waals surface area contributed by atoms with Crippen LogP contribution in [-0.4, -0.2) is 16.1 Å². The first-order valence-corrected chi connectivity index (χ1v) is 8.35. The maximum absolute atomic E-state index is 12.1. The summed E-state index contributed by atoms with van der Waals surface area (Å²) in [7, 11) is 0. The van der Waals surface area contributed by atoms with Gasteiger partial charge in [-0.15, -0.1) is 10.2 Å². The van der Waals surface area contributed by atoms with E-state index in [4.69, 9.17) is 14.4 Å². The minimum atomic E-state index is -0.400. The first-order chi connectivity index (χ1) is 12.2. The number of nitrogens with zero attached hydrogens (tertiary/aromatic N) is 3. The molecule has 3 aromatic rings. The molecule has 0 aliphatic rings. The number of hydrogen-bond acceptors (Lipinski definition) is 7. The Morgan fingerprint density at radius 2 is 2.16 bits per heavy atom. The molecule has 2 heterocycles. The van der Waals surface area contributed by atoms with Crippen molar-refractivity contribution in [3.63, 3.8) is 0 Å². The van der Waals surface area contributed by atoms with Gasteiger partial charge in [-0.05, 0) is 30.7 Å². The molecule has 2 aromatic heterocycles. The average Bonchev–Trinajstić information content (AvgIpc) is 3.29. The van der Waals surface area contributed by atoms with E-state index in [1.165, 1.54) is 11.3 Å². The van der Waals surface area contributed by atoms with Gasteiger partial charge in [0.15, 0.2) is 5.76 Å².